The fraction of sp³-hybridized carbons (Fsp3) is 0.556. The van der Waals surface area contributed by atoms with Crippen molar-refractivity contribution in [2.45, 2.75) is 20.8 Å². The number of esters is 3. The molecule has 0 fully saturated rings. The van der Waals surface area contributed by atoms with E-state index in [1.165, 1.54) is 35.0 Å². The average molecular weight is 236 g/mol. The van der Waals surface area contributed by atoms with Gasteiger partial charge in [-0.1, -0.05) is 0 Å². The SMILES string of the molecule is CC(=O)OC(C)=O.COC(C)=O.COC=O. The summed E-state index contributed by atoms with van der Waals surface area (Å²) in [6.07, 6.45) is 0. The number of carbonyl (C=O) groups excluding carboxylic acids is 4. The van der Waals surface area contributed by atoms with E-state index < -0.39 is 11.9 Å². The van der Waals surface area contributed by atoms with Crippen molar-refractivity contribution in [2.75, 3.05) is 14.2 Å². The van der Waals surface area contributed by atoms with Crippen molar-refractivity contribution in [3.05, 3.63) is 0 Å². The summed E-state index contributed by atoms with van der Waals surface area (Å²) in [6.45, 7) is 4.10. The van der Waals surface area contributed by atoms with Gasteiger partial charge in [0.25, 0.3) is 6.47 Å². The van der Waals surface area contributed by atoms with Gasteiger partial charge in [0.05, 0.1) is 14.2 Å². The van der Waals surface area contributed by atoms with Crippen LogP contribution in [0.15, 0.2) is 0 Å². The van der Waals surface area contributed by atoms with Crippen LogP contribution in [0.25, 0.3) is 0 Å². The summed E-state index contributed by atoms with van der Waals surface area (Å²) < 4.78 is 11.9. The van der Waals surface area contributed by atoms with E-state index in [2.05, 4.69) is 14.2 Å². The van der Waals surface area contributed by atoms with E-state index in [1.54, 1.807) is 0 Å². The molecule has 0 radical (unpaired) electrons. The molecule has 0 aliphatic carbocycles. The van der Waals surface area contributed by atoms with Crippen molar-refractivity contribution in [1.29, 1.82) is 0 Å². The molecule has 16 heavy (non-hydrogen) atoms. The highest BCUT2D eigenvalue weighted by molar-refractivity contribution is 5.82. The zero-order chi connectivity index (χ0) is 13.6. The molecule has 0 saturated heterocycles. The first-order chi connectivity index (χ1) is 7.31. The minimum atomic E-state index is -0.562. The van der Waals surface area contributed by atoms with Gasteiger partial charge < -0.3 is 14.2 Å². The van der Waals surface area contributed by atoms with Crippen molar-refractivity contribution in [3.8, 4) is 0 Å². The molecule has 7 nitrogen and oxygen atoms in total. The summed E-state index contributed by atoms with van der Waals surface area (Å²) >= 11 is 0. The fourth-order valence-electron chi connectivity index (χ4n) is 0.202. The Labute approximate surface area is 93.7 Å². The van der Waals surface area contributed by atoms with Crippen LogP contribution in [0.4, 0.5) is 0 Å². The Morgan fingerprint density at radius 2 is 1.12 bits per heavy atom. The van der Waals surface area contributed by atoms with E-state index in [1.807, 2.05) is 0 Å². The second kappa shape index (κ2) is 15.5. The van der Waals surface area contributed by atoms with Crippen LogP contribution in [-0.2, 0) is 33.4 Å². The van der Waals surface area contributed by atoms with Gasteiger partial charge in [-0.25, -0.2) is 0 Å². The van der Waals surface area contributed by atoms with Gasteiger partial charge in [-0.15, -0.1) is 0 Å². The van der Waals surface area contributed by atoms with Gasteiger partial charge in [-0.3, -0.25) is 19.2 Å². The number of rotatable bonds is 1. The van der Waals surface area contributed by atoms with Gasteiger partial charge >= 0.3 is 17.9 Å². The third-order valence-corrected chi connectivity index (χ3v) is 0.671. The van der Waals surface area contributed by atoms with Crippen molar-refractivity contribution < 1.29 is 33.4 Å². The highest BCUT2D eigenvalue weighted by Gasteiger charge is 1.93. The number of carbonyl (C=O) groups is 4. The maximum atomic E-state index is 9.81. The molecule has 0 spiro atoms. The Balaban J connectivity index is -0.000000166. The second-order valence-corrected chi connectivity index (χ2v) is 2.11. The molecule has 0 unspecified atom stereocenters. The fourth-order valence-corrected chi connectivity index (χ4v) is 0.202. The number of ether oxygens (including phenoxy) is 3. The minimum absolute atomic E-state index is 0.245. The van der Waals surface area contributed by atoms with Crippen LogP contribution in [-0.4, -0.2) is 38.6 Å². The molecule has 0 aromatic heterocycles. The number of methoxy groups -OCH3 is 2. The lowest BCUT2D eigenvalue weighted by Crippen LogP contribution is -2.03. The van der Waals surface area contributed by atoms with Crippen LogP contribution in [0.2, 0.25) is 0 Å². The molecule has 0 bridgehead atoms. The predicted octanol–water partition coefficient (Wildman–Crippen LogP) is 0.0645. The lowest BCUT2D eigenvalue weighted by molar-refractivity contribution is -0.156. The molecule has 0 amide bonds. The second-order valence-electron chi connectivity index (χ2n) is 2.11. The first-order valence-corrected chi connectivity index (χ1v) is 4.01. The van der Waals surface area contributed by atoms with Gasteiger partial charge in [-0.05, 0) is 0 Å². The first kappa shape index (κ1) is 19.6. The van der Waals surface area contributed by atoms with Crippen LogP contribution in [0.3, 0.4) is 0 Å². The number of hydrogen-bond acceptors (Lipinski definition) is 7. The lowest BCUT2D eigenvalue weighted by Gasteiger charge is -1.87. The molecular formula is C9H16O7. The maximum absolute atomic E-state index is 9.81. The van der Waals surface area contributed by atoms with Crippen LogP contribution >= 0.6 is 0 Å². The summed E-state index contributed by atoms with van der Waals surface area (Å²) in [6, 6.07) is 0. The van der Waals surface area contributed by atoms with Crippen molar-refractivity contribution in [1.82, 2.24) is 0 Å². The third kappa shape index (κ3) is 57.5. The molecule has 94 valence electrons. The summed E-state index contributed by atoms with van der Waals surface area (Å²) in [4.78, 5) is 38.2. The molecular weight excluding hydrogens is 220 g/mol. The zero-order valence-corrected chi connectivity index (χ0v) is 9.94. The summed E-state index contributed by atoms with van der Waals surface area (Å²) in [5.41, 5.74) is 0. The van der Waals surface area contributed by atoms with Gasteiger partial charge in [0.1, 0.15) is 0 Å². The minimum Gasteiger partial charge on any atom is -0.471 e. The van der Waals surface area contributed by atoms with E-state index in [4.69, 9.17) is 4.79 Å². The number of hydrogen-bond donors (Lipinski definition) is 0. The highest BCUT2D eigenvalue weighted by atomic mass is 16.6. The Morgan fingerprint density at radius 3 is 1.12 bits per heavy atom. The summed E-state index contributed by atoms with van der Waals surface area (Å²) in [5, 5.41) is 0. The van der Waals surface area contributed by atoms with Crippen LogP contribution in [0, 0.1) is 0 Å². The van der Waals surface area contributed by atoms with E-state index in [9.17, 15) is 14.4 Å². The van der Waals surface area contributed by atoms with E-state index in [-0.39, 0.29) is 5.97 Å². The first-order valence-electron chi connectivity index (χ1n) is 4.01. The maximum Gasteiger partial charge on any atom is 0.310 e. The average Bonchev–Trinajstić information content (AvgIpc) is 2.17. The topological polar surface area (TPSA) is 96.0 Å². The molecule has 0 atom stereocenters. The quantitative estimate of drug-likeness (QED) is 0.275. The smallest absolute Gasteiger partial charge is 0.310 e. The molecule has 0 aromatic carbocycles. The monoisotopic (exact) mass is 236 g/mol. The standard InChI is InChI=1S/C4H6O3.C3H6O2.C2H4O2/c1-3(5)7-4(2)6;1-3(4)5-2;1-4-2-3/h1-2H3;1-2H3;2H,1H3. The Hall–Kier alpha value is -1.92. The summed E-state index contributed by atoms with van der Waals surface area (Å²) in [7, 11) is 2.66. The third-order valence-electron chi connectivity index (χ3n) is 0.671. The van der Waals surface area contributed by atoms with E-state index in [0.29, 0.717) is 6.47 Å². The van der Waals surface area contributed by atoms with Crippen LogP contribution in [0.1, 0.15) is 20.8 Å². The van der Waals surface area contributed by atoms with Gasteiger partial charge in [0, 0.05) is 20.8 Å². The van der Waals surface area contributed by atoms with Crippen molar-refractivity contribution in [2.24, 2.45) is 0 Å². The van der Waals surface area contributed by atoms with E-state index >= 15 is 0 Å². The lowest BCUT2D eigenvalue weighted by atomic mass is 10.7. The molecule has 7 heteroatoms. The predicted molar refractivity (Wildman–Crippen MR) is 53.2 cm³/mol. The van der Waals surface area contributed by atoms with Gasteiger partial charge in [-0.2, -0.15) is 0 Å². The Bertz CT molecular complexity index is 210. The summed E-state index contributed by atoms with van der Waals surface area (Å²) in [5.74, 6) is -1.37. The Morgan fingerprint density at radius 1 is 0.875 bits per heavy atom. The molecule has 0 N–H and O–H groups in total. The Kier molecular flexibility index (Phi) is 19.1. The van der Waals surface area contributed by atoms with Crippen molar-refractivity contribution in [3.63, 3.8) is 0 Å². The highest BCUT2D eigenvalue weighted by Crippen LogP contribution is 1.73. The van der Waals surface area contributed by atoms with Crippen LogP contribution in [0.5, 0.6) is 0 Å². The zero-order valence-electron chi connectivity index (χ0n) is 9.94. The van der Waals surface area contributed by atoms with Gasteiger partial charge in [0.15, 0.2) is 0 Å². The molecule has 0 aliphatic heterocycles. The normalized spacial score (nSPS) is 6.81. The molecule has 0 heterocycles. The molecule has 0 rings (SSSR count). The largest absolute Gasteiger partial charge is 0.471 e. The van der Waals surface area contributed by atoms with E-state index in [0.717, 1.165) is 0 Å². The van der Waals surface area contributed by atoms with Crippen molar-refractivity contribution >= 4 is 24.4 Å². The molecule has 0 aliphatic rings. The van der Waals surface area contributed by atoms with Gasteiger partial charge in [0.2, 0.25) is 0 Å². The molecule has 0 saturated carbocycles. The van der Waals surface area contributed by atoms with Crippen LogP contribution < -0.4 is 0 Å². The molecule has 0 aromatic rings.